The number of hydrogen-bond donors (Lipinski definition) is 2. The normalized spacial score (nSPS) is 11.8. The van der Waals surface area contributed by atoms with Crippen molar-refractivity contribution in [2.45, 2.75) is 19.5 Å². The van der Waals surface area contributed by atoms with Gasteiger partial charge < -0.3 is 5.32 Å². The molecule has 2 rings (SSSR count). The molecule has 0 radical (unpaired) electrons. The largest absolute Gasteiger partial charge is 0.373 e. The summed E-state index contributed by atoms with van der Waals surface area (Å²) in [5.41, 5.74) is 0.845. The molecular formula is C12H12ClN5O. The van der Waals surface area contributed by atoms with Gasteiger partial charge in [-0.25, -0.2) is 4.68 Å². The second kappa shape index (κ2) is 5.59. The van der Waals surface area contributed by atoms with Gasteiger partial charge in [0.15, 0.2) is 0 Å². The molecule has 0 aliphatic rings. The minimum Gasteiger partial charge on any atom is -0.373 e. The Balaban J connectivity index is 2.32. The topological polar surface area (TPSA) is 75.6 Å². The summed E-state index contributed by atoms with van der Waals surface area (Å²) in [6.45, 7) is 2.00. The molecule has 0 saturated heterocycles. The molecular weight excluding hydrogens is 266 g/mol. The van der Waals surface area contributed by atoms with Crippen LogP contribution in [0.5, 0.6) is 0 Å². The van der Waals surface area contributed by atoms with Crippen LogP contribution in [-0.4, -0.2) is 20.0 Å². The highest BCUT2D eigenvalue weighted by atomic mass is 35.5. The molecule has 7 heteroatoms. The minimum absolute atomic E-state index is 0.102. The predicted molar refractivity (Wildman–Crippen MR) is 73.0 cm³/mol. The van der Waals surface area contributed by atoms with Crippen LogP contribution in [0.1, 0.15) is 18.5 Å². The molecule has 2 aromatic heterocycles. The third-order valence-corrected chi connectivity index (χ3v) is 2.91. The summed E-state index contributed by atoms with van der Waals surface area (Å²) in [6.07, 6.45) is 9.99. The first-order valence-corrected chi connectivity index (χ1v) is 5.95. The molecule has 2 heterocycles. The van der Waals surface area contributed by atoms with Crippen molar-refractivity contribution in [3.8, 4) is 12.3 Å². The lowest BCUT2D eigenvalue weighted by molar-refractivity contribution is 0.662. The second-order valence-electron chi connectivity index (χ2n) is 3.93. The summed E-state index contributed by atoms with van der Waals surface area (Å²) < 4.78 is 1.18. The van der Waals surface area contributed by atoms with E-state index in [9.17, 15) is 4.79 Å². The van der Waals surface area contributed by atoms with Crippen LogP contribution >= 0.6 is 11.6 Å². The standard InChI is InChI=1S/C12H12ClN5O/c1-3-4-18-12(19)11(10(13)7-16-18)17-8(2)9-5-14-15-6-9/h1,5-8,17H,4H2,2H3,(H,14,15). The summed E-state index contributed by atoms with van der Waals surface area (Å²) in [4.78, 5) is 12.1. The fraction of sp³-hybridized carbons (Fsp3) is 0.250. The van der Waals surface area contributed by atoms with E-state index in [1.165, 1.54) is 10.9 Å². The lowest BCUT2D eigenvalue weighted by Gasteiger charge is -2.14. The zero-order valence-electron chi connectivity index (χ0n) is 10.2. The molecule has 6 nitrogen and oxygen atoms in total. The smallest absolute Gasteiger partial charge is 0.292 e. The SMILES string of the molecule is C#CCn1ncc(Cl)c(NC(C)c2cn[nH]c2)c1=O. The van der Waals surface area contributed by atoms with Crippen molar-refractivity contribution in [3.05, 3.63) is 39.5 Å². The van der Waals surface area contributed by atoms with Crippen LogP contribution in [0.15, 0.2) is 23.4 Å². The number of aromatic amines is 1. The molecule has 0 aliphatic heterocycles. The Bertz CT molecular complexity index is 656. The Labute approximate surface area is 114 Å². The monoisotopic (exact) mass is 277 g/mol. The number of halogens is 1. The first-order valence-electron chi connectivity index (χ1n) is 5.57. The van der Waals surface area contributed by atoms with E-state index in [-0.39, 0.29) is 28.9 Å². The zero-order chi connectivity index (χ0) is 13.8. The third kappa shape index (κ3) is 2.77. The Kier molecular flexibility index (Phi) is 3.88. The van der Waals surface area contributed by atoms with Crippen molar-refractivity contribution in [2.75, 3.05) is 5.32 Å². The molecule has 1 atom stereocenters. The number of rotatable bonds is 4. The maximum atomic E-state index is 12.1. The van der Waals surface area contributed by atoms with Crippen LogP contribution in [0.3, 0.4) is 0 Å². The van der Waals surface area contributed by atoms with Crippen LogP contribution in [0, 0.1) is 12.3 Å². The number of nitrogens with one attached hydrogen (secondary N) is 2. The quantitative estimate of drug-likeness (QED) is 0.829. The first kappa shape index (κ1) is 13.2. The fourth-order valence-electron chi connectivity index (χ4n) is 1.60. The maximum absolute atomic E-state index is 12.1. The lowest BCUT2D eigenvalue weighted by atomic mass is 10.2. The highest BCUT2D eigenvalue weighted by Gasteiger charge is 2.13. The minimum atomic E-state index is -0.346. The Morgan fingerprint density at radius 1 is 1.63 bits per heavy atom. The molecule has 0 bridgehead atoms. The molecule has 19 heavy (non-hydrogen) atoms. The number of nitrogens with zero attached hydrogens (tertiary/aromatic N) is 3. The summed E-state index contributed by atoms with van der Waals surface area (Å²) in [6, 6.07) is -0.120. The van der Waals surface area contributed by atoms with E-state index in [1.807, 2.05) is 6.92 Å². The average Bonchev–Trinajstić information content (AvgIpc) is 2.92. The van der Waals surface area contributed by atoms with Gasteiger partial charge in [-0.1, -0.05) is 17.5 Å². The van der Waals surface area contributed by atoms with Crippen LogP contribution in [0.4, 0.5) is 5.69 Å². The summed E-state index contributed by atoms with van der Waals surface area (Å²) in [5.74, 6) is 2.37. The number of hydrogen-bond acceptors (Lipinski definition) is 4. The van der Waals surface area contributed by atoms with Crippen LogP contribution < -0.4 is 10.9 Å². The summed E-state index contributed by atoms with van der Waals surface area (Å²) >= 11 is 5.99. The lowest BCUT2D eigenvalue weighted by Crippen LogP contribution is -2.26. The number of H-pyrrole nitrogens is 1. The molecule has 0 saturated carbocycles. The van der Waals surface area contributed by atoms with E-state index in [4.69, 9.17) is 18.0 Å². The van der Waals surface area contributed by atoms with Crippen molar-refractivity contribution < 1.29 is 0 Å². The molecule has 0 aromatic carbocycles. The molecule has 1 unspecified atom stereocenters. The van der Waals surface area contributed by atoms with E-state index in [0.29, 0.717) is 0 Å². The van der Waals surface area contributed by atoms with E-state index < -0.39 is 0 Å². The van der Waals surface area contributed by atoms with E-state index in [0.717, 1.165) is 5.56 Å². The van der Waals surface area contributed by atoms with E-state index in [2.05, 4.69) is 26.5 Å². The highest BCUT2D eigenvalue weighted by molar-refractivity contribution is 6.33. The molecule has 0 amide bonds. The first-order chi connectivity index (χ1) is 9.13. The number of anilines is 1. The molecule has 0 fully saturated rings. The number of aromatic nitrogens is 4. The molecule has 2 aromatic rings. The highest BCUT2D eigenvalue weighted by Crippen LogP contribution is 2.21. The Morgan fingerprint density at radius 2 is 2.42 bits per heavy atom. The average molecular weight is 278 g/mol. The van der Waals surface area contributed by atoms with Gasteiger partial charge in [-0.15, -0.1) is 6.42 Å². The van der Waals surface area contributed by atoms with Gasteiger partial charge in [0.05, 0.1) is 23.5 Å². The molecule has 0 spiro atoms. The summed E-state index contributed by atoms with van der Waals surface area (Å²) in [5, 5.41) is 13.7. The molecule has 2 N–H and O–H groups in total. The maximum Gasteiger partial charge on any atom is 0.292 e. The Hall–Kier alpha value is -2.26. The third-order valence-electron chi connectivity index (χ3n) is 2.62. The van der Waals surface area contributed by atoms with Gasteiger partial charge in [0.2, 0.25) is 0 Å². The van der Waals surface area contributed by atoms with Crippen molar-refractivity contribution in [1.29, 1.82) is 0 Å². The molecule has 0 aliphatic carbocycles. The van der Waals surface area contributed by atoms with Gasteiger partial charge in [-0.05, 0) is 6.92 Å². The van der Waals surface area contributed by atoms with Gasteiger partial charge in [0, 0.05) is 11.8 Å². The van der Waals surface area contributed by atoms with Crippen LogP contribution in [0.2, 0.25) is 5.02 Å². The second-order valence-corrected chi connectivity index (χ2v) is 4.34. The van der Waals surface area contributed by atoms with Gasteiger partial charge in [-0.3, -0.25) is 9.89 Å². The van der Waals surface area contributed by atoms with Gasteiger partial charge >= 0.3 is 0 Å². The van der Waals surface area contributed by atoms with Crippen molar-refractivity contribution in [3.63, 3.8) is 0 Å². The molecule has 98 valence electrons. The zero-order valence-corrected chi connectivity index (χ0v) is 11.0. The predicted octanol–water partition coefficient (Wildman–Crippen LogP) is 1.43. The van der Waals surface area contributed by atoms with Crippen LogP contribution in [-0.2, 0) is 6.54 Å². The van der Waals surface area contributed by atoms with E-state index in [1.54, 1.807) is 12.4 Å². The van der Waals surface area contributed by atoms with Crippen molar-refractivity contribution in [2.24, 2.45) is 0 Å². The number of terminal acetylenes is 1. The van der Waals surface area contributed by atoms with Gasteiger partial charge in [0.1, 0.15) is 12.2 Å². The van der Waals surface area contributed by atoms with E-state index >= 15 is 0 Å². The fourth-order valence-corrected chi connectivity index (χ4v) is 1.77. The van der Waals surface area contributed by atoms with Crippen molar-refractivity contribution in [1.82, 2.24) is 20.0 Å². The van der Waals surface area contributed by atoms with Gasteiger partial charge in [-0.2, -0.15) is 10.2 Å². The van der Waals surface area contributed by atoms with Gasteiger partial charge in [0.25, 0.3) is 5.56 Å². The van der Waals surface area contributed by atoms with Crippen LogP contribution in [0.25, 0.3) is 0 Å². The van der Waals surface area contributed by atoms with Crippen molar-refractivity contribution >= 4 is 17.3 Å². The Morgan fingerprint density at radius 3 is 3.05 bits per heavy atom. The summed E-state index contributed by atoms with van der Waals surface area (Å²) in [7, 11) is 0.